The second-order valence-electron chi connectivity index (χ2n) is 9.56. The van der Waals surface area contributed by atoms with Gasteiger partial charge in [-0.3, -0.25) is 9.69 Å². The molecule has 49 heavy (non-hydrogen) atoms. The van der Waals surface area contributed by atoms with Crippen LogP contribution < -0.4 is 16.2 Å². The van der Waals surface area contributed by atoms with Gasteiger partial charge in [-0.25, -0.2) is 29.0 Å². The number of aliphatic carboxylic acids is 3. The number of nitrogens with two attached hydrogens (primary N) is 2. The van der Waals surface area contributed by atoms with Crippen LogP contribution in [0.4, 0.5) is 23.7 Å². The molecule has 3 aromatic rings. The minimum Gasteiger partial charge on any atom is -0.481 e. The molecule has 3 rings (SSSR count). The Labute approximate surface area is 273 Å². The molecule has 0 saturated carbocycles. The van der Waals surface area contributed by atoms with Gasteiger partial charge in [0.25, 0.3) is 0 Å². The number of hydrogen-bond donors (Lipinski definition) is 6. The molecule has 0 aliphatic carbocycles. The zero-order valence-corrected chi connectivity index (χ0v) is 24.9. The Morgan fingerprint density at radius 3 is 1.90 bits per heavy atom. The number of halogens is 3. The molecular weight excluding hydrogens is 665 g/mol. The Bertz CT molecular complexity index is 1710. The smallest absolute Gasteiger partial charge is 0.481 e. The van der Waals surface area contributed by atoms with Gasteiger partial charge >= 0.3 is 42.1 Å². The summed E-state index contributed by atoms with van der Waals surface area (Å²) >= 11 is 0. The van der Waals surface area contributed by atoms with Crippen LogP contribution in [0, 0.1) is 0 Å². The fourth-order valence-electron chi connectivity index (χ4n) is 3.67. The Morgan fingerprint density at radius 1 is 0.816 bits per heavy atom. The summed E-state index contributed by atoms with van der Waals surface area (Å²) in [4.78, 5) is 73.3. The zero-order chi connectivity index (χ0) is 36.9. The average Bonchev–Trinajstić information content (AvgIpc) is 3.02. The monoisotopic (exact) mass is 692 g/mol. The highest BCUT2D eigenvalue weighted by Crippen LogP contribution is 2.19. The van der Waals surface area contributed by atoms with Crippen molar-refractivity contribution in [2.24, 2.45) is 16.5 Å². The minimum atomic E-state index is -5.08. The van der Waals surface area contributed by atoms with Crippen LogP contribution in [0.5, 0.6) is 5.75 Å². The van der Waals surface area contributed by atoms with Crippen molar-refractivity contribution >= 4 is 47.6 Å². The fraction of sp³-hybridized carbons (Fsp3) is 0.167. The number of carboxylic acid groups (broad SMARTS) is 4. The van der Waals surface area contributed by atoms with E-state index in [4.69, 9.17) is 30.8 Å². The molecule has 3 aromatic carbocycles. The van der Waals surface area contributed by atoms with E-state index in [1.54, 1.807) is 0 Å². The van der Waals surface area contributed by atoms with Crippen molar-refractivity contribution in [3.63, 3.8) is 0 Å². The number of amides is 1. The first-order chi connectivity index (χ1) is 22.9. The quantitative estimate of drug-likeness (QED) is 0.0689. The lowest BCUT2D eigenvalue weighted by atomic mass is 10.1. The van der Waals surface area contributed by atoms with E-state index in [9.17, 15) is 52.5 Å². The number of nitrogens with zero attached hydrogens (tertiary/aromatic N) is 2. The molecule has 0 aromatic heterocycles. The van der Waals surface area contributed by atoms with Crippen LogP contribution in [-0.2, 0) is 32.3 Å². The number of rotatable bonds is 12. The van der Waals surface area contributed by atoms with E-state index in [2.05, 4.69) is 4.99 Å². The molecule has 0 saturated heterocycles. The molecule has 260 valence electrons. The fourth-order valence-corrected chi connectivity index (χ4v) is 3.67. The molecule has 0 fully saturated rings. The molecule has 0 aliphatic heterocycles. The second-order valence-corrected chi connectivity index (χ2v) is 9.56. The number of aromatic carboxylic acids is 1. The van der Waals surface area contributed by atoms with Crippen molar-refractivity contribution in [3.05, 3.63) is 95.1 Å². The largest absolute Gasteiger partial charge is 0.490 e. The predicted octanol–water partition coefficient (Wildman–Crippen LogP) is 3.21. The van der Waals surface area contributed by atoms with Gasteiger partial charge in [0.15, 0.2) is 5.96 Å². The summed E-state index contributed by atoms with van der Waals surface area (Å²) in [5.41, 5.74) is 11.9. The van der Waals surface area contributed by atoms with Gasteiger partial charge < -0.3 is 41.4 Å². The standard InChI is InChI=1S/C28H26N4O10.C2HF3O2/c29-27(30)31-20-8-6-18(7-9-20)26(39)42-21-10-4-16(5-11-21)15-41-28(40)32(22(25(37)38)13-23(33)34)14-17-2-1-3-19(12-17)24(35)36;3-2(4,5)1(6)7/h1-12,22H,13-15H2,(H,33,34)(H,35,36)(H,37,38)(H4,29,30,31);(H,6,7). The third kappa shape index (κ3) is 12.9. The summed E-state index contributed by atoms with van der Waals surface area (Å²) in [6, 6.07) is 15.6. The number of aliphatic imine (C=N–C) groups is 1. The molecule has 16 nitrogen and oxygen atoms in total. The first-order valence-corrected chi connectivity index (χ1v) is 13.4. The Hall–Kier alpha value is -6.66. The second kappa shape index (κ2) is 17.3. The Morgan fingerprint density at radius 2 is 1.41 bits per heavy atom. The molecule has 0 radical (unpaired) electrons. The van der Waals surface area contributed by atoms with E-state index in [1.165, 1.54) is 72.8 Å². The number of esters is 1. The van der Waals surface area contributed by atoms with E-state index in [-0.39, 0.29) is 35.0 Å². The van der Waals surface area contributed by atoms with Crippen molar-refractivity contribution in [1.29, 1.82) is 0 Å². The molecule has 0 aliphatic rings. The summed E-state index contributed by atoms with van der Waals surface area (Å²) in [5.74, 6) is -7.62. The first kappa shape index (κ1) is 38.5. The van der Waals surface area contributed by atoms with E-state index >= 15 is 0 Å². The number of hydrogen-bond acceptors (Lipinski definition) is 9. The van der Waals surface area contributed by atoms with Crippen LogP contribution in [0.1, 0.15) is 38.3 Å². The molecule has 0 bridgehead atoms. The maximum absolute atomic E-state index is 13.0. The van der Waals surface area contributed by atoms with Crippen LogP contribution in [0.25, 0.3) is 0 Å². The lowest BCUT2D eigenvalue weighted by molar-refractivity contribution is -0.192. The van der Waals surface area contributed by atoms with Crippen LogP contribution in [0.3, 0.4) is 0 Å². The molecule has 0 heterocycles. The highest BCUT2D eigenvalue weighted by Gasteiger charge is 2.38. The summed E-state index contributed by atoms with van der Waals surface area (Å²) in [5, 5.41) is 35.2. The van der Waals surface area contributed by atoms with Gasteiger partial charge in [0.1, 0.15) is 18.4 Å². The third-order valence-electron chi connectivity index (χ3n) is 5.89. The predicted molar refractivity (Wildman–Crippen MR) is 160 cm³/mol. The van der Waals surface area contributed by atoms with E-state index < -0.39 is 61.1 Å². The van der Waals surface area contributed by atoms with Crippen LogP contribution in [-0.4, -0.2) is 79.4 Å². The molecule has 1 atom stereocenters. The molecule has 19 heteroatoms. The number of benzene rings is 3. The van der Waals surface area contributed by atoms with Crippen molar-refractivity contribution in [3.8, 4) is 5.75 Å². The minimum absolute atomic E-state index is 0.102. The Balaban J connectivity index is 0.00000107. The van der Waals surface area contributed by atoms with Gasteiger partial charge in [0.2, 0.25) is 0 Å². The van der Waals surface area contributed by atoms with Crippen LogP contribution in [0.15, 0.2) is 77.8 Å². The van der Waals surface area contributed by atoms with Gasteiger partial charge in [-0.15, -0.1) is 0 Å². The van der Waals surface area contributed by atoms with E-state index in [0.29, 0.717) is 16.2 Å². The van der Waals surface area contributed by atoms with Crippen molar-refractivity contribution in [2.45, 2.75) is 31.8 Å². The summed E-state index contributed by atoms with van der Waals surface area (Å²) < 4.78 is 42.3. The number of carbonyl (C=O) groups is 6. The average molecular weight is 693 g/mol. The van der Waals surface area contributed by atoms with Crippen molar-refractivity contribution in [2.75, 3.05) is 0 Å². The number of carbonyl (C=O) groups excluding carboxylic acids is 2. The van der Waals surface area contributed by atoms with E-state index in [1.807, 2.05) is 0 Å². The van der Waals surface area contributed by atoms with Gasteiger partial charge in [0.05, 0.1) is 23.2 Å². The topological polar surface area (TPSA) is 269 Å². The number of alkyl halides is 3. The maximum atomic E-state index is 13.0. The zero-order valence-electron chi connectivity index (χ0n) is 24.9. The number of carboxylic acids is 4. The van der Waals surface area contributed by atoms with Gasteiger partial charge in [-0.2, -0.15) is 13.2 Å². The third-order valence-corrected chi connectivity index (χ3v) is 5.89. The summed E-state index contributed by atoms with van der Waals surface area (Å²) in [7, 11) is 0. The van der Waals surface area contributed by atoms with Crippen LogP contribution >= 0.6 is 0 Å². The molecule has 0 spiro atoms. The SMILES string of the molecule is NC(N)=Nc1ccc(C(=O)Oc2ccc(COC(=O)N(Cc3cccc(C(=O)O)c3)C(CC(=O)O)C(=O)O)cc2)cc1.O=C(O)C(F)(F)F. The molecule has 1 amide bonds. The highest BCUT2D eigenvalue weighted by atomic mass is 19.4. The molecular formula is C30H27F3N4O12. The molecule has 1 unspecified atom stereocenters. The number of ether oxygens (including phenoxy) is 2. The summed E-state index contributed by atoms with van der Waals surface area (Å²) in [6.07, 6.45) is -7.14. The van der Waals surface area contributed by atoms with E-state index in [0.717, 1.165) is 0 Å². The lowest BCUT2D eigenvalue weighted by Gasteiger charge is -2.27. The Kier molecular flexibility index (Phi) is 13.6. The highest BCUT2D eigenvalue weighted by molar-refractivity contribution is 5.91. The van der Waals surface area contributed by atoms with Gasteiger partial charge in [-0.05, 0) is 59.7 Å². The number of guanidine groups is 1. The normalized spacial score (nSPS) is 11.1. The van der Waals surface area contributed by atoms with Crippen LogP contribution in [0.2, 0.25) is 0 Å². The van der Waals surface area contributed by atoms with Crippen molar-refractivity contribution in [1.82, 2.24) is 4.90 Å². The van der Waals surface area contributed by atoms with Gasteiger partial charge in [-0.1, -0.05) is 24.3 Å². The molecule has 8 N–H and O–H groups in total. The maximum Gasteiger partial charge on any atom is 0.490 e. The van der Waals surface area contributed by atoms with Crippen molar-refractivity contribution < 1.29 is 71.8 Å². The first-order valence-electron chi connectivity index (χ1n) is 13.4. The van der Waals surface area contributed by atoms with Gasteiger partial charge in [0, 0.05) is 6.54 Å². The summed E-state index contributed by atoms with van der Waals surface area (Å²) in [6.45, 7) is -0.754. The lowest BCUT2D eigenvalue weighted by Crippen LogP contribution is -2.46.